The van der Waals surface area contributed by atoms with Gasteiger partial charge in [0, 0.05) is 0 Å². The van der Waals surface area contributed by atoms with Crippen LogP contribution in [-0.4, -0.2) is 15.6 Å². The van der Waals surface area contributed by atoms with E-state index in [1.165, 1.54) is 12.4 Å². The lowest BCUT2D eigenvalue weighted by Crippen LogP contribution is -2.27. The van der Waals surface area contributed by atoms with Gasteiger partial charge in [-0.25, -0.2) is 4.98 Å². The van der Waals surface area contributed by atoms with E-state index in [0.717, 1.165) is 6.42 Å². The monoisotopic (exact) mass is 182 g/mol. The van der Waals surface area contributed by atoms with E-state index in [-0.39, 0.29) is 11.2 Å². The number of aromatic nitrogens is 2. The average Bonchev–Trinajstić information content (AvgIpc) is 2.03. The normalized spacial score (nSPS) is 11.3. The molecule has 0 aliphatic heterocycles. The molecule has 1 aromatic heterocycles. The number of aromatic amines is 1. The summed E-state index contributed by atoms with van der Waals surface area (Å²) in [6, 6.07) is 1.34. The fraction of sp³-hybridized carbons (Fsp3) is 0.556. The number of nitrogens with zero attached hydrogens (tertiary/aromatic N) is 1. The Kier molecular flexibility index (Phi) is 2.70. The molecule has 0 atom stereocenters. The van der Waals surface area contributed by atoms with Crippen molar-refractivity contribution in [2.24, 2.45) is 0 Å². The molecule has 1 N–H and O–H groups in total. The molecular formula is C9H14N2O2. The van der Waals surface area contributed by atoms with E-state index >= 15 is 0 Å². The molecule has 0 bridgehead atoms. The summed E-state index contributed by atoms with van der Waals surface area (Å²) >= 11 is 0. The van der Waals surface area contributed by atoms with Gasteiger partial charge in [0.2, 0.25) is 5.88 Å². The Hall–Kier alpha value is -1.32. The zero-order valence-corrected chi connectivity index (χ0v) is 8.13. The minimum atomic E-state index is -0.277. The van der Waals surface area contributed by atoms with Crippen LogP contribution >= 0.6 is 0 Å². The van der Waals surface area contributed by atoms with Crippen molar-refractivity contribution in [2.45, 2.75) is 32.8 Å². The third-order valence-corrected chi connectivity index (χ3v) is 1.89. The second-order valence-corrected chi connectivity index (χ2v) is 3.46. The van der Waals surface area contributed by atoms with Crippen LogP contribution in [-0.2, 0) is 0 Å². The molecule has 4 nitrogen and oxygen atoms in total. The van der Waals surface area contributed by atoms with Crippen molar-refractivity contribution in [2.75, 3.05) is 0 Å². The minimum absolute atomic E-state index is 0.197. The first kappa shape index (κ1) is 9.77. The van der Waals surface area contributed by atoms with Crippen LogP contribution in [0.15, 0.2) is 17.2 Å². The maximum atomic E-state index is 10.9. The van der Waals surface area contributed by atoms with E-state index in [1.54, 1.807) is 0 Å². The van der Waals surface area contributed by atoms with Crippen molar-refractivity contribution < 1.29 is 4.74 Å². The fourth-order valence-corrected chi connectivity index (χ4v) is 0.762. The van der Waals surface area contributed by atoms with Crippen LogP contribution < -0.4 is 10.3 Å². The Bertz CT molecular complexity index is 330. The van der Waals surface area contributed by atoms with Gasteiger partial charge in [-0.3, -0.25) is 4.79 Å². The molecule has 4 heteroatoms. The van der Waals surface area contributed by atoms with Crippen molar-refractivity contribution in [3.05, 3.63) is 22.7 Å². The highest BCUT2D eigenvalue weighted by molar-refractivity contribution is 5.06. The van der Waals surface area contributed by atoms with Crippen molar-refractivity contribution in [3.63, 3.8) is 0 Å². The first-order valence-electron chi connectivity index (χ1n) is 4.27. The van der Waals surface area contributed by atoms with E-state index < -0.39 is 0 Å². The van der Waals surface area contributed by atoms with Crippen LogP contribution in [0, 0.1) is 0 Å². The maximum Gasteiger partial charge on any atom is 0.254 e. The topological polar surface area (TPSA) is 55.0 Å². The second kappa shape index (κ2) is 3.60. The third-order valence-electron chi connectivity index (χ3n) is 1.89. The highest BCUT2D eigenvalue weighted by Gasteiger charge is 2.17. The summed E-state index contributed by atoms with van der Waals surface area (Å²) in [5, 5.41) is 0. The molecule has 0 radical (unpaired) electrons. The minimum Gasteiger partial charge on any atom is -0.471 e. The van der Waals surface area contributed by atoms with Crippen molar-refractivity contribution in [3.8, 4) is 5.88 Å². The van der Waals surface area contributed by atoms with E-state index in [2.05, 4.69) is 9.97 Å². The molecule has 1 rings (SSSR count). The molecule has 13 heavy (non-hydrogen) atoms. The van der Waals surface area contributed by atoms with Gasteiger partial charge in [0.1, 0.15) is 5.60 Å². The molecule has 0 aromatic carbocycles. The van der Waals surface area contributed by atoms with Gasteiger partial charge in [-0.2, -0.15) is 0 Å². The average molecular weight is 182 g/mol. The van der Waals surface area contributed by atoms with E-state index in [1.807, 2.05) is 20.8 Å². The van der Waals surface area contributed by atoms with Crippen molar-refractivity contribution in [1.29, 1.82) is 0 Å². The van der Waals surface area contributed by atoms with Gasteiger partial charge in [0.25, 0.3) is 5.56 Å². The van der Waals surface area contributed by atoms with Gasteiger partial charge in [-0.05, 0) is 20.3 Å². The summed E-state index contributed by atoms with van der Waals surface area (Å²) in [6.45, 7) is 5.93. The Morgan fingerprint density at radius 2 is 2.31 bits per heavy atom. The smallest absolute Gasteiger partial charge is 0.254 e. The summed E-state index contributed by atoms with van der Waals surface area (Å²) in [4.78, 5) is 17.2. The quantitative estimate of drug-likeness (QED) is 0.767. The number of nitrogens with one attached hydrogen (secondary N) is 1. The van der Waals surface area contributed by atoms with Gasteiger partial charge in [0.05, 0.1) is 12.4 Å². The lowest BCUT2D eigenvalue weighted by Gasteiger charge is -2.23. The van der Waals surface area contributed by atoms with Gasteiger partial charge in [-0.15, -0.1) is 0 Å². The Morgan fingerprint density at radius 3 is 2.85 bits per heavy atom. The van der Waals surface area contributed by atoms with Gasteiger partial charge in [0.15, 0.2) is 0 Å². The number of hydrogen-bond donors (Lipinski definition) is 1. The molecule has 0 aliphatic carbocycles. The summed E-state index contributed by atoms with van der Waals surface area (Å²) in [5.41, 5.74) is -0.474. The highest BCUT2D eigenvalue weighted by Crippen LogP contribution is 2.16. The summed E-state index contributed by atoms with van der Waals surface area (Å²) in [6.07, 6.45) is 2.20. The van der Waals surface area contributed by atoms with Gasteiger partial charge < -0.3 is 9.72 Å². The predicted molar refractivity (Wildman–Crippen MR) is 49.9 cm³/mol. The number of ether oxygens (including phenoxy) is 1. The SMILES string of the molecule is CCC(C)(C)Oc1cc(=O)[nH]cn1. The maximum absolute atomic E-state index is 10.9. The number of rotatable bonds is 3. The first-order valence-corrected chi connectivity index (χ1v) is 4.27. The standard InChI is InChI=1S/C9H14N2O2/c1-4-9(2,3)13-8-5-7(12)10-6-11-8/h5-6H,4H2,1-3H3,(H,10,11,12). The van der Waals surface area contributed by atoms with Crippen LogP contribution in [0.4, 0.5) is 0 Å². The number of H-pyrrole nitrogens is 1. The Morgan fingerprint density at radius 1 is 1.62 bits per heavy atom. The molecular weight excluding hydrogens is 168 g/mol. The molecule has 0 aliphatic rings. The molecule has 72 valence electrons. The molecule has 0 fully saturated rings. The van der Waals surface area contributed by atoms with E-state index in [9.17, 15) is 4.79 Å². The molecule has 0 amide bonds. The predicted octanol–water partition coefficient (Wildman–Crippen LogP) is 1.34. The molecule has 0 spiro atoms. The summed E-state index contributed by atoms with van der Waals surface area (Å²) in [5.74, 6) is 0.371. The van der Waals surface area contributed by atoms with Crippen LogP contribution in [0.2, 0.25) is 0 Å². The second-order valence-electron chi connectivity index (χ2n) is 3.46. The third kappa shape index (κ3) is 2.89. The van der Waals surface area contributed by atoms with Crippen molar-refractivity contribution in [1.82, 2.24) is 9.97 Å². The number of hydrogen-bond acceptors (Lipinski definition) is 3. The summed E-state index contributed by atoms with van der Waals surface area (Å²) < 4.78 is 5.50. The van der Waals surface area contributed by atoms with E-state index in [4.69, 9.17) is 4.74 Å². The molecule has 1 aromatic rings. The zero-order chi connectivity index (χ0) is 9.90. The Balaban J connectivity index is 2.80. The van der Waals surface area contributed by atoms with Crippen LogP contribution in [0.25, 0.3) is 0 Å². The van der Waals surface area contributed by atoms with Gasteiger partial charge >= 0.3 is 0 Å². The molecule has 0 unspecified atom stereocenters. The van der Waals surface area contributed by atoms with E-state index in [0.29, 0.717) is 5.88 Å². The lowest BCUT2D eigenvalue weighted by molar-refractivity contribution is 0.0986. The fourth-order valence-electron chi connectivity index (χ4n) is 0.762. The molecule has 0 saturated heterocycles. The van der Waals surface area contributed by atoms with Gasteiger partial charge in [-0.1, -0.05) is 6.92 Å². The first-order chi connectivity index (χ1) is 6.03. The molecule has 0 saturated carbocycles. The van der Waals surface area contributed by atoms with Crippen molar-refractivity contribution >= 4 is 0 Å². The van der Waals surface area contributed by atoms with Crippen LogP contribution in [0.1, 0.15) is 27.2 Å². The Labute approximate surface area is 77.0 Å². The zero-order valence-electron chi connectivity index (χ0n) is 8.13. The van der Waals surface area contributed by atoms with Crippen LogP contribution in [0.5, 0.6) is 5.88 Å². The van der Waals surface area contributed by atoms with Crippen LogP contribution in [0.3, 0.4) is 0 Å². The molecule has 1 heterocycles. The largest absolute Gasteiger partial charge is 0.471 e. The summed E-state index contributed by atoms with van der Waals surface area (Å²) in [7, 11) is 0. The highest BCUT2D eigenvalue weighted by atomic mass is 16.5. The lowest BCUT2D eigenvalue weighted by atomic mass is 10.1.